The van der Waals surface area contributed by atoms with Crippen molar-refractivity contribution in [1.82, 2.24) is 4.90 Å². The number of carbonyl (C=O) groups excluding carboxylic acids is 1. The van der Waals surface area contributed by atoms with Crippen LogP contribution in [-0.2, 0) is 4.74 Å². The number of nitrogens with one attached hydrogen (secondary N) is 1. The van der Waals surface area contributed by atoms with Crippen molar-refractivity contribution in [2.75, 3.05) is 25.0 Å². The Morgan fingerprint density at radius 1 is 1.12 bits per heavy atom. The molecule has 1 aliphatic rings. The maximum Gasteiger partial charge on any atom is 0.416 e. The van der Waals surface area contributed by atoms with Gasteiger partial charge in [-0.2, -0.15) is 13.2 Å². The monoisotopic (exact) mass is 366 g/mol. The highest BCUT2D eigenvalue weighted by Crippen LogP contribution is 2.30. The highest BCUT2D eigenvalue weighted by molar-refractivity contribution is 5.91. The van der Waals surface area contributed by atoms with Crippen molar-refractivity contribution < 1.29 is 27.4 Å². The molecule has 1 atom stereocenters. The van der Waals surface area contributed by atoms with Crippen LogP contribution in [0, 0.1) is 0 Å². The van der Waals surface area contributed by atoms with Crippen molar-refractivity contribution in [1.29, 1.82) is 0 Å². The molecule has 2 aromatic carbocycles. The Hall–Kier alpha value is -2.74. The fourth-order valence-corrected chi connectivity index (χ4v) is 2.50. The lowest BCUT2D eigenvalue weighted by molar-refractivity contribution is -0.233. The van der Waals surface area contributed by atoms with Gasteiger partial charge in [0, 0.05) is 6.54 Å². The van der Waals surface area contributed by atoms with Gasteiger partial charge in [-0.3, -0.25) is 0 Å². The van der Waals surface area contributed by atoms with Crippen LogP contribution in [0.15, 0.2) is 54.6 Å². The van der Waals surface area contributed by atoms with E-state index in [2.05, 4.69) is 5.32 Å². The van der Waals surface area contributed by atoms with Crippen molar-refractivity contribution >= 4 is 11.7 Å². The molecule has 5 nitrogen and oxygen atoms in total. The molecule has 0 saturated carbocycles. The zero-order valence-electron chi connectivity index (χ0n) is 13.7. The number of anilines is 1. The van der Waals surface area contributed by atoms with E-state index in [1.807, 2.05) is 18.2 Å². The predicted molar refractivity (Wildman–Crippen MR) is 89.3 cm³/mol. The lowest BCUT2D eigenvalue weighted by Crippen LogP contribution is -2.52. The molecule has 0 aliphatic carbocycles. The second-order valence-corrected chi connectivity index (χ2v) is 5.69. The Kier molecular flexibility index (Phi) is 5.32. The number of benzene rings is 2. The second-order valence-electron chi connectivity index (χ2n) is 5.69. The van der Waals surface area contributed by atoms with Crippen LogP contribution in [0.3, 0.4) is 0 Å². The fourth-order valence-electron chi connectivity index (χ4n) is 2.50. The number of halogens is 3. The summed E-state index contributed by atoms with van der Waals surface area (Å²) >= 11 is 0. The summed E-state index contributed by atoms with van der Waals surface area (Å²) in [6, 6.07) is 15.1. The summed E-state index contributed by atoms with van der Waals surface area (Å²) in [6.45, 7) is -0.628. The Balaban J connectivity index is 1.70. The average molecular weight is 366 g/mol. The van der Waals surface area contributed by atoms with E-state index in [1.54, 1.807) is 36.4 Å². The fraction of sp³-hybridized carbons (Fsp3) is 0.278. The van der Waals surface area contributed by atoms with Crippen LogP contribution in [0.25, 0.3) is 0 Å². The molecule has 1 heterocycles. The molecule has 2 amide bonds. The molecule has 26 heavy (non-hydrogen) atoms. The zero-order valence-corrected chi connectivity index (χ0v) is 13.7. The number of hydrogen-bond acceptors (Lipinski definition) is 3. The second kappa shape index (κ2) is 7.65. The SMILES string of the molecule is O=C(Nc1ccccc1Oc1ccccc1)N1CCOC(C(F)(F)F)C1. The van der Waals surface area contributed by atoms with Crippen LogP contribution >= 0.6 is 0 Å². The van der Waals surface area contributed by atoms with Gasteiger partial charge in [-0.25, -0.2) is 4.79 Å². The molecule has 0 bridgehead atoms. The summed E-state index contributed by atoms with van der Waals surface area (Å²) in [6.07, 6.45) is -6.48. The van der Waals surface area contributed by atoms with Gasteiger partial charge in [0.25, 0.3) is 0 Å². The first-order chi connectivity index (χ1) is 12.4. The number of alkyl halides is 3. The van der Waals surface area contributed by atoms with E-state index in [0.717, 1.165) is 4.90 Å². The Morgan fingerprint density at radius 2 is 1.81 bits per heavy atom. The highest BCUT2D eigenvalue weighted by Gasteiger charge is 2.44. The van der Waals surface area contributed by atoms with Gasteiger partial charge in [0.15, 0.2) is 11.9 Å². The average Bonchev–Trinajstić information content (AvgIpc) is 2.63. The van der Waals surface area contributed by atoms with Crippen LogP contribution in [0.1, 0.15) is 0 Å². The summed E-state index contributed by atoms with van der Waals surface area (Å²) in [7, 11) is 0. The maximum absolute atomic E-state index is 12.8. The third-order valence-electron chi connectivity index (χ3n) is 3.82. The number of para-hydroxylation sites is 3. The van der Waals surface area contributed by atoms with Gasteiger partial charge in [0.1, 0.15) is 5.75 Å². The minimum atomic E-state index is -4.51. The topological polar surface area (TPSA) is 50.8 Å². The quantitative estimate of drug-likeness (QED) is 0.882. The third-order valence-corrected chi connectivity index (χ3v) is 3.82. The summed E-state index contributed by atoms with van der Waals surface area (Å²) in [5, 5.41) is 2.61. The molecule has 8 heteroatoms. The summed E-state index contributed by atoms with van der Waals surface area (Å²) in [5.74, 6) is 0.977. The van der Waals surface area contributed by atoms with Crippen LogP contribution in [0.2, 0.25) is 0 Å². The molecular formula is C18H17F3N2O3. The first-order valence-corrected chi connectivity index (χ1v) is 7.99. The molecule has 1 fully saturated rings. The number of urea groups is 1. The van der Waals surface area contributed by atoms with E-state index in [1.165, 1.54) is 0 Å². The van der Waals surface area contributed by atoms with Gasteiger partial charge in [-0.1, -0.05) is 30.3 Å². The molecule has 2 aromatic rings. The minimum absolute atomic E-state index is 0.0835. The van der Waals surface area contributed by atoms with Crippen molar-refractivity contribution in [3.8, 4) is 11.5 Å². The molecule has 138 valence electrons. The standard InChI is InChI=1S/C18H17F3N2O3/c19-18(20,21)16-12-23(10-11-25-16)17(24)22-14-8-4-5-9-15(14)26-13-6-2-1-3-7-13/h1-9,16H,10-12H2,(H,22,24). The van der Waals surface area contributed by atoms with E-state index >= 15 is 0 Å². The van der Waals surface area contributed by atoms with Crippen LogP contribution in [0.5, 0.6) is 11.5 Å². The first-order valence-electron chi connectivity index (χ1n) is 7.99. The summed E-state index contributed by atoms with van der Waals surface area (Å²) in [5.41, 5.74) is 0.372. The van der Waals surface area contributed by atoms with Crippen molar-refractivity contribution in [3.05, 3.63) is 54.6 Å². The number of nitrogens with zero attached hydrogens (tertiary/aromatic N) is 1. The van der Waals surface area contributed by atoms with Crippen molar-refractivity contribution in [3.63, 3.8) is 0 Å². The number of hydrogen-bond donors (Lipinski definition) is 1. The van der Waals surface area contributed by atoms with E-state index < -0.39 is 24.9 Å². The first kappa shape index (κ1) is 18.1. The number of carbonyl (C=O) groups is 1. The van der Waals surface area contributed by atoms with Gasteiger partial charge in [-0.15, -0.1) is 0 Å². The number of ether oxygens (including phenoxy) is 2. The van der Waals surface area contributed by atoms with Crippen molar-refractivity contribution in [2.24, 2.45) is 0 Å². The van der Waals surface area contributed by atoms with Crippen LogP contribution in [0.4, 0.5) is 23.7 Å². The minimum Gasteiger partial charge on any atom is -0.455 e. The zero-order chi connectivity index (χ0) is 18.6. The van der Waals surface area contributed by atoms with Gasteiger partial charge in [0.2, 0.25) is 0 Å². The van der Waals surface area contributed by atoms with Crippen LogP contribution < -0.4 is 10.1 Å². The third kappa shape index (κ3) is 4.45. The van der Waals surface area contributed by atoms with E-state index in [4.69, 9.17) is 9.47 Å². The number of amides is 2. The van der Waals surface area contributed by atoms with E-state index in [-0.39, 0.29) is 13.2 Å². The Morgan fingerprint density at radius 3 is 2.54 bits per heavy atom. The lowest BCUT2D eigenvalue weighted by atomic mass is 10.2. The van der Waals surface area contributed by atoms with Gasteiger partial charge < -0.3 is 19.7 Å². The highest BCUT2D eigenvalue weighted by atomic mass is 19.4. The van der Waals surface area contributed by atoms with Gasteiger partial charge >= 0.3 is 12.2 Å². The molecule has 1 aliphatic heterocycles. The predicted octanol–water partition coefficient (Wildman–Crippen LogP) is 4.27. The molecule has 3 rings (SSSR count). The summed E-state index contributed by atoms with van der Waals surface area (Å²) < 4.78 is 48.9. The summed E-state index contributed by atoms with van der Waals surface area (Å²) in [4.78, 5) is 13.5. The molecule has 0 aromatic heterocycles. The smallest absolute Gasteiger partial charge is 0.416 e. The Bertz CT molecular complexity index is 753. The van der Waals surface area contributed by atoms with Crippen LogP contribution in [-0.4, -0.2) is 42.9 Å². The Labute approximate surface area is 148 Å². The molecule has 0 radical (unpaired) electrons. The normalized spacial score (nSPS) is 17.7. The molecule has 1 saturated heterocycles. The molecule has 0 spiro atoms. The molecule has 1 unspecified atom stereocenters. The van der Waals surface area contributed by atoms with E-state index in [9.17, 15) is 18.0 Å². The lowest BCUT2D eigenvalue weighted by Gasteiger charge is -2.33. The van der Waals surface area contributed by atoms with Gasteiger partial charge in [0.05, 0.1) is 18.8 Å². The number of morpholine rings is 1. The van der Waals surface area contributed by atoms with E-state index in [0.29, 0.717) is 17.2 Å². The van der Waals surface area contributed by atoms with Crippen molar-refractivity contribution in [2.45, 2.75) is 12.3 Å². The molecular weight excluding hydrogens is 349 g/mol. The molecule has 1 N–H and O–H groups in total. The maximum atomic E-state index is 12.8. The van der Waals surface area contributed by atoms with Gasteiger partial charge in [-0.05, 0) is 24.3 Å². The largest absolute Gasteiger partial charge is 0.455 e. The number of rotatable bonds is 3.